The van der Waals surface area contributed by atoms with E-state index in [9.17, 15) is 14.9 Å². The second kappa shape index (κ2) is 8.07. The molecule has 0 unspecified atom stereocenters. The van der Waals surface area contributed by atoms with Gasteiger partial charge in [0.1, 0.15) is 11.8 Å². The van der Waals surface area contributed by atoms with Crippen LogP contribution >= 0.6 is 0 Å². The third-order valence-corrected chi connectivity index (χ3v) is 4.58. The van der Waals surface area contributed by atoms with Gasteiger partial charge in [-0.2, -0.15) is 5.26 Å². The summed E-state index contributed by atoms with van der Waals surface area (Å²) in [6, 6.07) is 10.6. The van der Waals surface area contributed by atoms with E-state index in [4.69, 9.17) is 19.9 Å². The number of nitrogens with two attached hydrogens (primary N) is 1. The highest BCUT2D eigenvalue weighted by molar-refractivity contribution is 6.25. The molecule has 7 nitrogen and oxygen atoms in total. The number of nitrogens with zero attached hydrogens (tertiary/aromatic N) is 1. The minimum atomic E-state index is -0.743. The average Bonchev–Trinajstić information content (AvgIpc) is 2.88. The van der Waals surface area contributed by atoms with E-state index in [-0.39, 0.29) is 34.4 Å². The van der Waals surface area contributed by atoms with Gasteiger partial charge in [-0.05, 0) is 31.4 Å². The fourth-order valence-electron chi connectivity index (χ4n) is 3.47. The van der Waals surface area contributed by atoms with Crippen molar-refractivity contribution in [3.05, 3.63) is 47.0 Å². The van der Waals surface area contributed by atoms with Gasteiger partial charge in [-0.15, -0.1) is 0 Å². The van der Waals surface area contributed by atoms with Gasteiger partial charge in [-0.25, -0.2) is 9.59 Å². The number of methoxy groups -OCH3 is 1. The zero-order valence-electron chi connectivity index (χ0n) is 16.4. The van der Waals surface area contributed by atoms with Crippen LogP contribution in [-0.2, 0) is 9.47 Å². The van der Waals surface area contributed by atoms with Crippen LogP contribution in [0.1, 0.15) is 40.1 Å². The Morgan fingerprint density at radius 3 is 2.45 bits per heavy atom. The van der Waals surface area contributed by atoms with Gasteiger partial charge in [0.25, 0.3) is 0 Å². The fourth-order valence-corrected chi connectivity index (χ4v) is 3.47. The first-order valence-corrected chi connectivity index (χ1v) is 9.09. The standard InChI is InChI=1S/C22H20N2O5/c1-4-28-15-9-7-6-8-13-16(15)14-10-12(11-23)20(24)19(21(25)27-3)17(14)18(13)22(26)29-5-2/h6-10H,4-5,24H2,1-3H3. The van der Waals surface area contributed by atoms with Crippen molar-refractivity contribution in [3.8, 4) is 22.9 Å². The van der Waals surface area contributed by atoms with Crippen LogP contribution in [0.4, 0.5) is 5.69 Å². The van der Waals surface area contributed by atoms with E-state index in [0.717, 1.165) is 0 Å². The maximum Gasteiger partial charge on any atom is 0.340 e. The molecular formula is C22H20N2O5. The first-order valence-electron chi connectivity index (χ1n) is 9.09. The van der Waals surface area contributed by atoms with Crippen LogP contribution < -0.4 is 10.5 Å². The summed E-state index contributed by atoms with van der Waals surface area (Å²) >= 11 is 0. The Bertz CT molecular complexity index is 1130. The quantitative estimate of drug-likeness (QED) is 0.520. The van der Waals surface area contributed by atoms with Crippen LogP contribution in [0.3, 0.4) is 0 Å². The highest BCUT2D eigenvalue weighted by Crippen LogP contribution is 2.47. The van der Waals surface area contributed by atoms with Crippen molar-refractivity contribution in [1.29, 1.82) is 5.26 Å². The topological polar surface area (TPSA) is 112 Å². The number of nitriles is 1. The summed E-state index contributed by atoms with van der Waals surface area (Å²) in [5.41, 5.74) is 7.45. The molecule has 29 heavy (non-hydrogen) atoms. The van der Waals surface area contributed by atoms with Gasteiger partial charge in [0, 0.05) is 16.5 Å². The van der Waals surface area contributed by atoms with E-state index in [1.807, 2.05) is 13.0 Å². The van der Waals surface area contributed by atoms with Gasteiger partial charge in [0.05, 0.1) is 42.7 Å². The van der Waals surface area contributed by atoms with Crippen molar-refractivity contribution >= 4 is 28.4 Å². The number of fused-ring (bicyclic) bond motifs is 3. The van der Waals surface area contributed by atoms with Crippen LogP contribution in [0.15, 0.2) is 30.3 Å². The van der Waals surface area contributed by atoms with Crippen molar-refractivity contribution in [2.24, 2.45) is 0 Å². The van der Waals surface area contributed by atoms with Crippen molar-refractivity contribution in [2.45, 2.75) is 13.8 Å². The second-order valence-electron chi connectivity index (χ2n) is 6.14. The third kappa shape index (κ3) is 3.19. The summed E-state index contributed by atoms with van der Waals surface area (Å²) in [5, 5.41) is 10.3. The van der Waals surface area contributed by atoms with Gasteiger partial charge in [0.2, 0.25) is 0 Å². The van der Waals surface area contributed by atoms with Crippen molar-refractivity contribution < 1.29 is 23.8 Å². The number of carbonyl (C=O) groups excluding carboxylic acids is 2. The predicted octanol–water partition coefficient (Wildman–Crippen LogP) is 3.76. The summed E-state index contributed by atoms with van der Waals surface area (Å²) in [5.74, 6) is -0.833. The number of esters is 2. The maximum atomic E-state index is 12.9. The molecule has 7 heteroatoms. The van der Waals surface area contributed by atoms with Crippen LogP contribution in [0.2, 0.25) is 0 Å². The van der Waals surface area contributed by atoms with Gasteiger partial charge < -0.3 is 19.9 Å². The number of benzene rings is 1. The van der Waals surface area contributed by atoms with Crippen molar-refractivity contribution in [3.63, 3.8) is 0 Å². The molecule has 0 fully saturated rings. The first-order chi connectivity index (χ1) is 14.0. The Balaban J connectivity index is 2.63. The number of ether oxygens (including phenoxy) is 3. The van der Waals surface area contributed by atoms with E-state index in [0.29, 0.717) is 28.9 Å². The molecular weight excluding hydrogens is 372 g/mol. The fraction of sp³-hybridized carbons (Fsp3) is 0.227. The number of hydrogen-bond donors (Lipinski definition) is 1. The number of carbonyl (C=O) groups is 2. The molecule has 0 heterocycles. The molecule has 0 atom stereocenters. The Labute approximate surface area is 167 Å². The van der Waals surface area contributed by atoms with Gasteiger partial charge >= 0.3 is 11.9 Å². The molecule has 3 rings (SSSR count). The lowest BCUT2D eigenvalue weighted by atomic mass is 9.99. The Hall–Kier alpha value is -3.79. The molecule has 0 saturated heterocycles. The molecule has 0 aliphatic heterocycles. The zero-order chi connectivity index (χ0) is 21.1. The van der Waals surface area contributed by atoms with Crippen LogP contribution in [0, 0.1) is 11.3 Å². The molecule has 2 aliphatic rings. The largest absolute Gasteiger partial charge is 0.493 e. The molecule has 0 aromatic heterocycles. The summed E-state index contributed by atoms with van der Waals surface area (Å²) in [4.78, 5) is 25.5. The summed E-state index contributed by atoms with van der Waals surface area (Å²) in [6.45, 7) is 4.09. The van der Waals surface area contributed by atoms with Crippen molar-refractivity contribution in [1.82, 2.24) is 0 Å². The Morgan fingerprint density at radius 2 is 1.83 bits per heavy atom. The highest BCUT2D eigenvalue weighted by Gasteiger charge is 2.32. The zero-order valence-corrected chi connectivity index (χ0v) is 16.4. The molecule has 1 aromatic carbocycles. The summed E-state index contributed by atoms with van der Waals surface area (Å²) in [6.07, 6.45) is 0. The molecule has 0 bridgehead atoms. The predicted molar refractivity (Wildman–Crippen MR) is 108 cm³/mol. The lowest BCUT2D eigenvalue weighted by Crippen LogP contribution is -2.11. The SMILES string of the molecule is CCOC(=O)c1c2ccccc(OCC)c-2c2cc(C#N)c(N)c(C(=O)OC)c12. The average molecular weight is 392 g/mol. The number of anilines is 1. The van der Waals surface area contributed by atoms with E-state index in [1.165, 1.54) is 7.11 Å². The molecule has 1 aromatic rings. The molecule has 0 spiro atoms. The van der Waals surface area contributed by atoms with Crippen LogP contribution in [-0.4, -0.2) is 32.3 Å². The summed E-state index contributed by atoms with van der Waals surface area (Å²) in [7, 11) is 1.21. The first kappa shape index (κ1) is 20.0. The highest BCUT2D eigenvalue weighted by atomic mass is 16.5. The normalized spacial score (nSPS) is 10.6. The number of rotatable bonds is 5. The van der Waals surface area contributed by atoms with E-state index in [2.05, 4.69) is 0 Å². The monoisotopic (exact) mass is 392 g/mol. The van der Waals surface area contributed by atoms with Crippen molar-refractivity contribution in [2.75, 3.05) is 26.1 Å². The molecule has 0 radical (unpaired) electrons. The minimum absolute atomic E-state index is 0.0362. The van der Waals surface area contributed by atoms with Crippen LogP contribution in [0.5, 0.6) is 5.75 Å². The molecule has 2 N–H and O–H groups in total. The molecule has 0 saturated carbocycles. The van der Waals surface area contributed by atoms with E-state index < -0.39 is 11.9 Å². The van der Waals surface area contributed by atoms with Gasteiger partial charge in [-0.3, -0.25) is 0 Å². The van der Waals surface area contributed by atoms with Gasteiger partial charge in [-0.1, -0.05) is 18.2 Å². The Morgan fingerprint density at radius 1 is 1.10 bits per heavy atom. The molecule has 148 valence electrons. The van der Waals surface area contributed by atoms with E-state index >= 15 is 0 Å². The smallest absolute Gasteiger partial charge is 0.340 e. The van der Waals surface area contributed by atoms with Crippen LogP contribution in [0.25, 0.3) is 21.9 Å². The van der Waals surface area contributed by atoms with E-state index in [1.54, 1.807) is 37.3 Å². The number of nitrogen functional groups attached to an aromatic ring is 1. The Kier molecular flexibility index (Phi) is 5.55. The molecule has 0 amide bonds. The van der Waals surface area contributed by atoms with Gasteiger partial charge in [0.15, 0.2) is 0 Å². The lowest BCUT2D eigenvalue weighted by Gasteiger charge is -2.10. The third-order valence-electron chi connectivity index (χ3n) is 4.58. The maximum absolute atomic E-state index is 12.9. The lowest BCUT2D eigenvalue weighted by molar-refractivity contribution is 0.0530. The molecule has 2 aliphatic carbocycles. The second-order valence-corrected chi connectivity index (χ2v) is 6.14. The number of hydrogen-bond acceptors (Lipinski definition) is 7. The summed E-state index contributed by atoms with van der Waals surface area (Å²) < 4.78 is 15.9. The minimum Gasteiger partial charge on any atom is -0.493 e.